The number of rotatable bonds is 7. The van der Waals surface area contributed by atoms with Gasteiger partial charge in [0.2, 0.25) is 0 Å². The number of ether oxygens (including phenoxy) is 1. The molecule has 1 rings (SSSR count). The number of nitrogens with one attached hydrogen (secondary N) is 2. The minimum atomic E-state index is -1.02. The molecule has 0 aliphatic heterocycles. The first-order valence-electron chi connectivity index (χ1n) is 6.84. The van der Waals surface area contributed by atoms with Crippen molar-refractivity contribution in [1.29, 1.82) is 0 Å². The van der Waals surface area contributed by atoms with Crippen molar-refractivity contribution in [3.8, 4) is 5.75 Å². The van der Waals surface area contributed by atoms with Crippen molar-refractivity contribution in [2.45, 2.75) is 25.9 Å². The molecule has 7 heteroatoms. The van der Waals surface area contributed by atoms with Gasteiger partial charge in [0.1, 0.15) is 18.4 Å². The van der Waals surface area contributed by atoms with Gasteiger partial charge in [-0.2, -0.15) is 0 Å². The Hall–Kier alpha value is -2.38. The van der Waals surface area contributed by atoms with E-state index < -0.39 is 23.9 Å². The third-order valence-corrected chi connectivity index (χ3v) is 2.90. The molecule has 7 nitrogen and oxygen atoms in total. The molecule has 1 aromatic rings. The molecular formula is C15H21N3O4. The average Bonchev–Trinajstić information content (AvgIpc) is 2.52. The fourth-order valence-corrected chi connectivity index (χ4v) is 1.67. The van der Waals surface area contributed by atoms with Gasteiger partial charge in [0.05, 0.1) is 0 Å². The van der Waals surface area contributed by atoms with Crippen molar-refractivity contribution in [3.63, 3.8) is 0 Å². The Balaban J connectivity index is 2.70. The normalized spacial score (nSPS) is 13.5. The monoisotopic (exact) mass is 307 g/mol. The molecule has 0 aromatic heterocycles. The maximum absolute atomic E-state index is 12.1. The molecule has 2 amide bonds. The van der Waals surface area contributed by atoms with Crippen molar-refractivity contribution >= 4 is 11.8 Å². The van der Waals surface area contributed by atoms with E-state index in [0.29, 0.717) is 17.9 Å². The van der Waals surface area contributed by atoms with E-state index in [2.05, 4.69) is 5.32 Å². The van der Waals surface area contributed by atoms with Crippen molar-refractivity contribution in [2.75, 3.05) is 6.61 Å². The van der Waals surface area contributed by atoms with Gasteiger partial charge in [0.25, 0.3) is 11.8 Å². The van der Waals surface area contributed by atoms with Gasteiger partial charge in [0.15, 0.2) is 0 Å². The molecule has 22 heavy (non-hydrogen) atoms. The Morgan fingerprint density at radius 2 is 2.00 bits per heavy atom. The number of amides is 2. The second kappa shape index (κ2) is 8.81. The summed E-state index contributed by atoms with van der Waals surface area (Å²) in [4.78, 5) is 23.5. The Kier molecular flexibility index (Phi) is 7.07. The largest absolute Gasteiger partial charge is 0.490 e. The van der Waals surface area contributed by atoms with Crippen molar-refractivity contribution in [1.82, 2.24) is 10.8 Å². The van der Waals surface area contributed by atoms with Crippen LogP contribution in [0.3, 0.4) is 0 Å². The van der Waals surface area contributed by atoms with Crippen molar-refractivity contribution < 1.29 is 19.5 Å². The number of nitrogens with two attached hydrogens (primary N) is 1. The van der Waals surface area contributed by atoms with Crippen molar-refractivity contribution in [3.05, 3.63) is 42.0 Å². The van der Waals surface area contributed by atoms with Gasteiger partial charge in [-0.3, -0.25) is 14.8 Å². The maximum Gasteiger partial charge on any atom is 0.267 e. The predicted octanol–water partition coefficient (Wildman–Crippen LogP) is 0.593. The number of hydroxylamine groups is 1. The molecule has 0 fully saturated rings. The Morgan fingerprint density at radius 1 is 1.36 bits per heavy atom. The van der Waals surface area contributed by atoms with Crippen LogP contribution < -0.4 is 21.3 Å². The van der Waals surface area contributed by atoms with E-state index in [9.17, 15) is 9.59 Å². The van der Waals surface area contributed by atoms with Crippen molar-refractivity contribution in [2.24, 2.45) is 5.73 Å². The van der Waals surface area contributed by atoms with Crippen LogP contribution in [0.5, 0.6) is 5.75 Å². The summed E-state index contributed by atoms with van der Waals surface area (Å²) in [5, 5.41) is 11.1. The quantitative estimate of drug-likeness (QED) is 0.334. The summed E-state index contributed by atoms with van der Waals surface area (Å²) in [6.07, 6.45) is 3.74. The van der Waals surface area contributed by atoms with E-state index in [1.165, 1.54) is 5.48 Å². The lowest BCUT2D eigenvalue weighted by atomic mass is 10.1. The number of carbonyl (C=O) groups is 2. The fraction of sp³-hybridized carbons (Fsp3) is 0.333. The minimum Gasteiger partial charge on any atom is -0.490 e. The summed E-state index contributed by atoms with van der Waals surface area (Å²) < 4.78 is 5.42. The van der Waals surface area contributed by atoms with Gasteiger partial charge in [0, 0.05) is 11.6 Å². The van der Waals surface area contributed by atoms with E-state index in [0.717, 1.165) is 0 Å². The van der Waals surface area contributed by atoms with E-state index in [1.54, 1.807) is 31.2 Å². The molecule has 1 aromatic carbocycles. The maximum atomic E-state index is 12.1. The molecular weight excluding hydrogens is 286 g/mol. The topological polar surface area (TPSA) is 114 Å². The molecule has 120 valence electrons. The van der Waals surface area contributed by atoms with Gasteiger partial charge in [-0.05, 0) is 38.1 Å². The average molecular weight is 307 g/mol. The lowest BCUT2D eigenvalue weighted by Gasteiger charge is -2.20. The van der Waals surface area contributed by atoms with Gasteiger partial charge in [-0.1, -0.05) is 12.2 Å². The van der Waals surface area contributed by atoms with E-state index in [-0.39, 0.29) is 0 Å². The van der Waals surface area contributed by atoms with E-state index >= 15 is 0 Å². The molecule has 0 aliphatic rings. The van der Waals surface area contributed by atoms with Crippen LogP contribution >= 0.6 is 0 Å². The summed E-state index contributed by atoms with van der Waals surface area (Å²) >= 11 is 0. The summed E-state index contributed by atoms with van der Waals surface area (Å²) in [6, 6.07) is 4.80. The molecule has 0 unspecified atom stereocenters. The number of hydrogen-bond acceptors (Lipinski definition) is 5. The van der Waals surface area contributed by atoms with Crippen LogP contribution in [0.15, 0.2) is 36.4 Å². The Bertz CT molecular complexity index is 526. The highest BCUT2D eigenvalue weighted by Crippen LogP contribution is 2.12. The first kappa shape index (κ1) is 17.7. The summed E-state index contributed by atoms with van der Waals surface area (Å²) in [5.74, 6) is -0.605. The number of allylic oxidation sites excluding steroid dienone is 1. The lowest BCUT2D eigenvalue weighted by molar-refractivity contribution is -0.131. The highest BCUT2D eigenvalue weighted by molar-refractivity contribution is 5.97. The Labute approximate surface area is 129 Å². The summed E-state index contributed by atoms with van der Waals surface area (Å²) in [7, 11) is 0. The van der Waals surface area contributed by atoms with Crippen LogP contribution in [-0.2, 0) is 4.79 Å². The SMILES string of the molecule is CC=CCOc1ccc(C(=O)N[C@H](C(=O)NO)[C@@H](C)N)cc1. The third kappa shape index (κ3) is 5.19. The molecule has 0 radical (unpaired) electrons. The zero-order valence-electron chi connectivity index (χ0n) is 12.6. The van der Waals surface area contributed by atoms with Gasteiger partial charge in [-0.25, -0.2) is 5.48 Å². The van der Waals surface area contributed by atoms with Crippen LogP contribution in [0.25, 0.3) is 0 Å². The summed E-state index contributed by atoms with van der Waals surface area (Å²) in [5.41, 5.74) is 7.46. The number of hydrogen-bond donors (Lipinski definition) is 4. The number of benzene rings is 1. The smallest absolute Gasteiger partial charge is 0.267 e. The predicted molar refractivity (Wildman–Crippen MR) is 81.6 cm³/mol. The Morgan fingerprint density at radius 3 is 2.50 bits per heavy atom. The standard InChI is InChI=1S/C15H21N3O4/c1-3-4-9-22-12-7-5-11(6-8-12)14(19)17-13(10(2)16)15(20)18-21/h3-8,10,13,21H,9,16H2,1-2H3,(H,17,19)(H,18,20)/t10-,13+/m1/s1. The molecule has 5 N–H and O–H groups in total. The third-order valence-electron chi connectivity index (χ3n) is 2.90. The molecule has 0 aliphatic carbocycles. The zero-order valence-corrected chi connectivity index (χ0v) is 12.6. The van der Waals surface area contributed by atoms with Gasteiger partial charge >= 0.3 is 0 Å². The second-order valence-electron chi connectivity index (χ2n) is 4.69. The van der Waals surface area contributed by atoms with Gasteiger partial charge < -0.3 is 15.8 Å². The van der Waals surface area contributed by atoms with Crippen LogP contribution in [0, 0.1) is 0 Å². The lowest BCUT2D eigenvalue weighted by Crippen LogP contribution is -2.54. The van der Waals surface area contributed by atoms with Gasteiger partial charge in [-0.15, -0.1) is 0 Å². The van der Waals surface area contributed by atoms with E-state index in [4.69, 9.17) is 15.7 Å². The number of carbonyl (C=O) groups excluding carboxylic acids is 2. The first-order chi connectivity index (χ1) is 10.5. The van der Waals surface area contributed by atoms with Crippen LogP contribution in [0.1, 0.15) is 24.2 Å². The molecule has 0 heterocycles. The van der Waals surface area contributed by atoms with E-state index in [1.807, 2.05) is 19.1 Å². The molecule has 0 saturated carbocycles. The summed E-state index contributed by atoms with van der Waals surface area (Å²) in [6.45, 7) is 3.90. The fourth-order valence-electron chi connectivity index (χ4n) is 1.67. The highest BCUT2D eigenvalue weighted by Gasteiger charge is 2.24. The van der Waals surface area contributed by atoms with Crippen LogP contribution in [0.4, 0.5) is 0 Å². The molecule has 0 spiro atoms. The van der Waals surface area contributed by atoms with Crippen LogP contribution in [-0.4, -0.2) is 35.7 Å². The van der Waals surface area contributed by atoms with Crippen LogP contribution in [0.2, 0.25) is 0 Å². The molecule has 0 bridgehead atoms. The first-order valence-corrected chi connectivity index (χ1v) is 6.84. The minimum absolute atomic E-state index is 0.356. The molecule has 0 saturated heterocycles. The highest BCUT2D eigenvalue weighted by atomic mass is 16.5. The zero-order chi connectivity index (χ0) is 16.5. The molecule has 2 atom stereocenters. The second-order valence-corrected chi connectivity index (χ2v) is 4.69.